The summed E-state index contributed by atoms with van der Waals surface area (Å²) in [6.45, 7) is -2.42. The van der Waals surface area contributed by atoms with Crippen LogP contribution in [0.3, 0.4) is 0 Å². The Bertz CT molecular complexity index is 376. The molecule has 1 saturated heterocycles. The molecule has 0 saturated carbocycles. The molecule has 0 bridgehead atoms. The first-order valence-corrected chi connectivity index (χ1v) is 6.84. The fraction of sp³-hybridized carbons (Fsp3) is 0.917. The highest BCUT2D eigenvalue weighted by Gasteiger charge is 2.44. The molecule has 0 aliphatic carbocycles. The summed E-state index contributed by atoms with van der Waals surface area (Å²) in [5.74, 6) is -1.08. The van der Waals surface area contributed by atoms with Crippen molar-refractivity contribution in [3.8, 4) is 0 Å². The summed E-state index contributed by atoms with van der Waals surface area (Å²) < 4.78 is 9.85. The first-order chi connectivity index (χ1) is 10.7. The highest BCUT2D eigenvalue weighted by atomic mass is 16.7. The predicted molar refractivity (Wildman–Crippen MR) is 69.8 cm³/mol. The summed E-state index contributed by atoms with van der Waals surface area (Å²) in [5.41, 5.74) is 0. The molecule has 1 fully saturated rings. The third-order valence-electron chi connectivity index (χ3n) is 3.47. The topological polar surface area (TPSA) is 197 Å². The molecule has 0 radical (unpaired) electrons. The lowest BCUT2D eigenvalue weighted by Gasteiger charge is -2.39. The number of ketones is 1. The minimum Gasteiger partial charge on any atom is -0.394 e. The quantitative estimate of drug-likeness (QED) is 0.209. The van der Waals surface area contributed by atoms with Gasteiger partial charge in [0.1, 0.15) is 49.3 Å². The van der Waals surface area contributed by atoms with Crippen LogP contribution in [-0.4, -0.2) is 115 Å². The van der Waals surface area contributed by atoms with Gasteiger partial charge in [-0.3, -0.25) is 4.79 Å². The molecule has 1 heterocycles. The summed E-state index contributed by atoms with van der Waals surface area (Å²) in [6.07, 6.45) is -13.5. The Morgan fingerprint density at radius 1 is 1.04 bits per heavy atom. The zero-order valence-electron chi connectivity index (χ0n) is 12.0. The predicted octanol–water partition coefficient (Wildman–Crippen LogP) is -5.55. The number of Topliss-reactive ketones (excluding diaryl/α,β-unsaturated/α-hetero) is 1. The maximum Gasteiger partial charge on any atom is 0.189 e. The van der Waals surface area contributed by atoms with Crippen molar-refractivity contribution < 1.29 is 55.1 Å². The molecule has 0 unspecified atom stereocenters. The second kappa shape index (κ2) is 8.94. The van der Waals surface area contributed by atoms with Crippen molar-refractivity contribution in [3.05, 3.63) is 0 Å². The van der Waals surface area contributed by atoms with Crippen LogP contribution in [0.4, 0.5) is 0 Å². The molecule has 23 heavy (non-hydrogen) atoms. The molecule has 0 aromatic rings. The van der Waals surface area contributed by atoms with Crippen LogP contribution in [0.5, 0.6) is 0 Å². The van der Waals surface area contributed by atoms with Crippen LogP contribution < -0.4 is 0 Å². The van der Waals surface area contributed by atoms with Gasteiger partial charge in [-0.15, -0.1) is 0 Å². The number of ether oxygens (including phenoxy) is 2. The van der Waals surface area contributed by atoms with Crippen LogP contribution in [0.1, 0.15) is 0 Å². The van der Waals surface area contributed by atoms with Gasteiger partial charge in [-0.1, -0.05) is 0 Å². The van der Waals surface area contributed by atoms with Gasteiger partial charge in [-0.25, -0.2) is 0 Å². The van der Waals surface area contributed by atoms with Crippen LogP contribution in [0.25, 0.3) is 0 Å². The van der Waals surface area contributed by atoms with E-state index in [4.69, 9.17) is 24.8 Å². The van der Waals surface area contributed by atoms with E-state index < -0.39 is 74.6 Å². The number of rotatable bonds is 8. The largest absolute Gasteiger partial charge is 0.394 e. The van der Waals surface area contributed by atoms with Gasteiger partial charge < -0.3 is 50.3 Å². The Morgan fingerprint density at radius 3 is 2.17 bits per heavy atom. The van der Waals surface area contributed by atoms with Crippen molar-refractivity contribution in [2.24, 2.45) is 0 Å². The lowest BCUT2D eigenvalue weighted by Crippen LogP contribution is -2.59. The van der Waals surface area contributed by atoms with E-state index in [1.165, 1.54) is 0 Å². The first kappa shape index (κ1) is 20.3. The molecule has 0 aromatic heterocycles. The van der Waals surface area contributed by atoms with Crippen LogP contribution in [0.2, 0.25) is 0 Å². The molecule has 0 aromatic carbocycles. The Balaban J connectivity index is 2.57. The molecule has 0 spiro atoms. The third kappa shape index (κ3) is 4.87. The number of aliphatic hydroxyl groups excluding tert-OH is 8. The maximum absolute atomic E-state index is 11.6. The van der Waals surface area contributed by atoms with Gasteiger partial charge >= 0.3 is 0 Å². The smallest absolute Gasteiger partial charge is 0.189 e. The van der Waals surface area contributed by atoms with Crippen molar-refractivity contribution in [2.75, 3.05) is 19.8 Å². The lowest BCUT2D eigenvalue weighted by molar-refractivity contribution is -0.299. The fourth-order valence-corrected chi connectivity index (χ4v) is 1.96. The highest BCUT2D eigenvalue weighted by Crippen LogP contribution is 2.22. The molecule has 1 rings (SSSR count). The van der Waals surface area contributed by atoms with Crippen molar-refractivity contribution in [1.82, 2.24) is 0 Å². The van der Waals surface area contributed by atoms with Gasteiger partial charge in [0.05, 0.1) is 13.2 Å². The van der Waals surface area contributed by atoms with E-state index in [0.717, 1.165) is 0 Å². The van der Waals surface area contributed by atoms with E-state index >= 15 is 0 Å². The lowest BCUT2D eigenvalue weighted by atomic mass is 9.99. The normalized spacial score (nSPS) is 35.6. The second-order valence-electron chi connectivity index (χ2n) is 5.16. The molecule has 136 valence electrons. The van der Waals surface area contributed by atoms with Crippen molar-refractivity contribution in [2.45, 2.75) is 49.0 Å². The molecule has 1 aliphatic heterocycles. The minimum absolute atomic E-state index is 0.678. The van der Waals surface area contributed by atoms with Crippen molar-refractivity contribution >= 4 is 5.78 Å². The molecule has 8 N–H and O–H groups in total. The minimum atomic E-state index is -2.05. The molecule has 0 amide bonds. The van der Waals surface area contributed by atoms with Gasteiger partial charge in [0.15, 0.2) is 12.1 Å². The Morgan fingerprint density at radius 2 is 1.65 bits per heavy atom. The van der Waals surface area contributed by atoms with Crippen LogP contribution in [-0.2, 0) is 14.3 Å². The monoisotopic (exact) mass is 342 g/mol. The SMILES string of the molecule is O=C(CO[C@H]1O[C@H](CO)[C@@H](O)[C@H](O)[C@H]1O)[C@H](O)[C@@H](O)[C@H](O)CO. The molecule has 8 atom stereocenters. The van der Waals surface area contributed by atoms with Gasteiger partial charge in [-0.2, -0.15) is 0 Å². The summed E-state index contributed by atoms with van der Waals surface area (Å²) in [7, 11) is 0. The Kier molecular flexibility index (Phi) is 7.89. The molecule has 11 heteroatoms. The highest BCUT2D eigenvalue weighted by molar-refractivity contribution is 5.84. The van der Waals surface area contributed by atoms with Crippen LogP contribution >= 0.6 is 0 Å². The van der Waals surface area contributed by atoms with E-state index in [0.29, 0.717) is 0 Å². The van der Waals surface area contributed by atoms with Gasteiger partial charge in [0.25, 0.3) is 0 Å². The Labute approximate surface area is 130 Å². The van der Waals surface area contributed by atoms with E-state index in [2.05, 4.69) is 0 Å². The first-order valence-electron chi connectivity index (χ1n) is 6.84. The van der Waals surface area contributed by atoms with Crippen molar-refractivity contribution in [1.29, 1.82) is 0 Å². The number of hydrogen-bond acceptors (Lipinski definition) is 11. The molecular weight excluding hydrogens is 320 g/mol. The molecule has 11 nitrogen and oxygen atoms in total. The third-order valence-corrected chi connectivity index (χ3v) is 3.47. The van der Waals surface area contributed by atoms with E-state index in [1.54, 1.807) is 0 Å². The summed E-state index contributed by atoms with van der Waals surface area (Å²) >= 11 is 0. The number of carbonyl (C=O) groups is 1. The number of carbonyl (C=O) groups excluding carboxylic acids is 1. The summed E-state index contributed by atoms with van der Waals surface area (Å²) in [4.78, 5) is 11.6. The standard InChI is InChI=1S/C12H22O11/c13-1-4(15)7(17)8(18)5(16)3-22-12-11(21)10(20)9(19)6(2-14)23-12/h4,6-15,17-21H,1-3H2/t4-,6-,7+,8+,9-,10+,11-,12+/m1/s1. The van der Waals surface area contributed by atoms with Crippen molar-refractivity contribution in [3.63, 3.8) is 0 Å². The number of aliphatic hydroxyl groups is 8. The second-order valence-corrected chi connectivity index (χ2v) is 5.16. The zero-order chi connectivity index (χ0) is 17.7. The zero-order valence-corrected chi connectivity index (χ0v) is 12.0. The maximum atomic E-state index is 11.6. The molecule has 1 aliphatic rings. The molecular formula is C12H22O11. The average molecular weight is 342 g/mol. The average Bonchev–Trinajstić information content (AvgIpc) is 2.56. The fourth-order valence-electron chi connectivity index (χ4n) is 1.96. The van der Waals surface area contributed by atoms with Crippen LogP contribution in [0.15, 0.2) is 0 Å². The van der Waals surface area contributed by atoms with E-state index in [1.807, 2.05) is 0 Å². The van der Waals surface area contributed by atoms with Crippen LogP contribution in [0, 0.1) is 0 Å². The summed E-state index contributed by atoms with van der Waals surface area (Å²) in [5, 5.41) is 74.4. The summed E-state index contributed by atoms with van der Waals surface area (Å²) in [6, 6.07) is 0. The van der Waals surface area contributed by atoms with Gasteiger partial charge in [0.2, 0.25) is 0 Å². The van der Waals surface area contributed by atoms with E-state index in [9.17, 15) is 30.3 Å². The van der Waals surface area contributed by atoms with E-state index in [-0.39, 0.29) is 0 Å². The number of hydrogen-bond donors (Lipinski definition) is 8. The van der Waals surface area contributed by atoms with Gasteiger partial charge in [-0.05, 0) is 0 Å². The van der Waals surface area contributed by atoms with Gasteiger partial charge in [0, 0.05) is 0 Å². The Hall–Kier alpha value is -0.730.